The van der Waals surface area contributed by atoms with E-state index >= 15 is 0 Å². The van der Waals surface area contributed by atoms with Crippen LogP contribution < -0.4 is 0 Å². The van der Waals surface area contributed by atoms with Crippen LogP contribution in [0, 0.1) is 0 Å². The second kappa shape index (κ2) is 9.05. The minimum absolute atomic E-state index is 0.0938. The van der Waals surface area contributed by atoms with Crippen molar-refractivity contribution in [3.63, 3.8) is 0 Å². The van der Waals surface area contributed by atoms with Gasteiger partial charge in [0.15, 0.2) is 0 Å². The fourth-order valence-electron chi connectivity index (χ4n) is 6.14. The first-order chi connectivity index (χ1) is 17.2. The maximum atomic E-state index is 9.80. The Labute approximate surface area is 216 Å². The van der Waals surface area contributed by atoms with Crippen molar-refractivity contribution in [1.82, 2.24) is 0 Å². The van der Waals surface area contributed by atoms with Gasteiger partial charge in [0.2, 0.25) is 0 Å². The van der Waals surface area contributed by atoms with E-state index in [9.17, 15) is 5.11 Å². The number of aliphatic hydroxyl groups is 1. The zero-order valence-corrected chi connectivity index (χ0v) is 22.3. The van der Waals surface area contributed by atoms with Crippen LogP contribution in [0.3, 0.4) is 0 Å². The molecule has 1 heteroatoms. The molecule has 1 aliphatic carbocycles. The molecule has 0 spiro atoms. The molecule has 1 N–H and O–H groups in total. The molecule has 0 saturated heterocycles. The molecule has 0 amide bonds. The minimum atomic E-state index is -0.140. The SMILES string of the molecule is CC(C)(c1ccccc1)c1ccc2c(c1)C(C)(CCCO)c1cc(C(C)(C)c3ccccc3)ccc1-2. The molecule has 5 rings (SSSR count). The molecule has 0 heterocycles. The molecule has 0 aliphatic heterocycles. The summed E-state index contributed by atoms with van der Waals surface area (Å²) in [5.74, 6) is 0. The van der Waals surface area contributed by atoms with E-state index < -0.39 is 0 Å². The molecule has 0 saturated carbocycles. The lowest BCUT2D eigenvalue weighted by atomic mass is 9.71. The average Bonchev–Trinajstić information content (AvgIpc) is 3.16. The standard InChI is InChI=1S/C35H38O/c1-33(2,25-13-8-6-9-14-25)27-17-19-29-30-20-18-28(34(3,4)26-15-10-7-11-16-26)24-32(30)35(5,21-12-22-36)31(29)23-27/h6-11,13-20,23-24,36H,12,21-22H2,1-5H3. The molecule has 0 aromatic heterocycles. The third kappa shape index (κ3) is 3.91. The molecule has 0 bridgehead atoms. The summed E-state index contributed by atoms with van der Waals surface area (Å²) in [4.78, 5) is 0. The van der Waals surface area contributed by atoms with Crippen molar-refractivity contribution in [1.29, 1.82) is 0 Å². The first-order valence-electron chi connectivity index (χ1n) is 13.2. The van der Waals surface area contributed by atoms with Crippen LogP contribution in [-0.4, -0.2) is 11.7 Å². The maximum absolute atomic E-state index is 9.80. The highest BCUT2D eigenvalue weighted by Crippen LogP contribution is 2.53. The fraction of sp³-hybridized carbons (Fsp3) is 0.314. The number of benzene rings is 4. The molecular formula is C35H38O. The largest absolute Gasteiger partial charge is 0.396 e. The van der Waals surface area contributed by atoms with Crippen LogP contribution in [-0.2, 0) is 16.2 Å². The van der Waals surface area contributed by atoms with E-state index in [1.165, 1.54) is 44.5 Å². The highest BCUT2D eigenvalue weighted by Gasteiger charge is 2.41. The van der Waals surface area contributed by atoms with Crippen molar-refractivity contribution in [3.8, 4) is 11.1 Å². The van der Waals surface area contributed by atoms with Gasteiger partial charge in [-0.1, -0.05) is 132 Å². The molecule has 0 fully saturated rings. The fourth-order valence-corrected chi connectivity index (χ4v) is 6.14. The van der Waals surface area contributed by atoms with Crippen molar-refractivity contribution in [2.45, 2.75) is 63.7 Å². The molecule has 4 aromatic carbocycles. The van der Waals surface area contributed by atoms with Crippen molar-refractivity contribution >= 4 is 0 Å². The Bertz CT molecular complexity index is 1260. The topological polar surface area (TPSA) is 20.2 Å². The molecule has 1 aliphatic rings. The van der Waals surface area contributed by atoms with Crippen LogP contribution in [0.1, 0.15) is 80.8 Å². The second-order valence-corrected chi connectivity index (χ2v) is 11.7. The first kappa shape index (κ1) is 24.5. The molecule has 1 nitrogen and oxygen atoms in total. The van der Waals surface area contributed by atoms with E-state index in [0.29, 0.717) is 0 Å². The van der Waals surface area contributed by atoms with Crippen molar-refractivity contribution < 1.29 is 5.11 Å². The van der Waals surface area contributed by atoms with Gasteiger partial charge in [0.1, 0.15) is 0 Å². The van der Waals surface area contributed by atoms with Crippen molar-refractivity contribution in [2.75, 3.05) is 6.61 Å². The molecule has 36 heavy (non-hydrogen) atoms. The van der Waals surface area contributed by atoms with Crippen LogP contribution >= 0.6 is 0 Å². The van der Waals surface area contributed by atoms with E-state index in [2.05, 4.69) is 132 Å². The third-order valence-corrected chi connectivity index (χ3v) is 8.79. The highest BCUT2D eigenvalue weighted by atomic mass is 16.2. The van der Waals surface area contributed by atoms with E-state index in [1.807, 2.05) is 0 Å². The van der Waals surface area contributed by atoms with Gasteiger partial charge in [-0.25, -0.2) is 0 Å². The Kier molecular flexibility index (Phi) is 6.17. The van der Waals surface area contributed by atoms with Gasteiger partial charge in [-0.15, -0.1) is 0 Å². The number of aliphatic hydroxyl groups excluding tert-OH is 1. The summed E-state index contributed by atoms with van der Waals surface area (Å²) in [6.07, 6.45) is 1.71. The van der Waals surface area contributed by atoms with E-state index in [-0.39, 0.29) is 22.9 Å². The van der Waals surface area contributed by atoms with Crippen LogP contribution in [0.25, 0.3) is 11.1 Å². The van der Waals surface area contributed by atoms with Gasteiger partial charge in [0.25, 0.3) is 0 Å². The van der Waals surface area contributed by atoms with Gasteiger partial charge < -0.3 is 5.11 Å². The van der Waals surface area contributed by atoms with Gasteiger partial charge >= 0.3 is 0 Å². The number of hydrogen-bond acceptors (Lipinski definition) is 1. The quantitative estimate of drug-likeness (QED) is 0.285. The molecular weight excluding hydrogens is 436 g/mol. The Balaban J connectivity index is 1.64. The average molecular weight is 475 g/mol. The Morgan fingerprint density at radius 1 is 0.583 bits per heavy atom. The van der Waals surface area contributed by atoms with E-state index in [0.717, 1.165) is 12.8 Å². The van der Waals surface area contributed by atoms with Gasteiger partial charge in [-0.05, 0) is 57.3 Å². The second-order valence-electron chi connectivity index (χ2n) is 11.7. The number of fused-ring (bicyclic) bond motifs is 3. The minimum Gasteiger partial charge on any atom is -0.396 e. The molecule has 0 atom stereocenters. The molecule has 0 radical (unpaired) electrons. The lowest BCUT2D eigenvalue weighted by Gasteiger charge is -2.32. The smallest absolute Gasteiger partial charge is 0.0431 e. The summed E-state index contributed by atoms with van der Waals surface area (Å²) in [5, 5.41) is 9.80. The van der Waals surface area contributed by atoms with Crippen LogP contribution in [0.2, 0.25) is 0 Å². The van der Waals surface area contributed by atoms with Gasteiger partial charge in [0.05, 0.1) is 0 Å². The Morgan fingerprint density at radius 3 is 1.39 bits per heavy atom. The van der Waals surface area contributed by atoms with E-state index in [1.54, 1.807) is 0 Å². The van der Waals surface area contributed by atoms with Crippen molar-refractivity contribution in [2.24, 2.45) is 0 Å². The van der Waals surface area contributed by atoms with Crippen molar-refractivity contribution in [3.05, 3.63) is 130 Å². The van der Waals surface area contributed by atoms with Crippen LogP contribution in [0.4, 0.5) is 0 Å². The highest BCUT2D eigenvalue weighted by molar-refractivity contribution is 5.82. The zero-order valence-electron chi connectivity index (χ0n) is 22.3. The summed E-state index contributed by atoms with van der Waals surface area (Å²) in [6, 6.07) is 35.8. The van der Waals surface area contributed by atoms with E-state index in [4.69, 9.17) is 0 Å². The van der Waals surface area contributed by atoms with Gasteiger partial charge in [-0.3, -0.25) is 0 Å². The summed E-state index contributed by atoms with van der Waals surface area (Å²) in [5.41, 5.74) is 10.4. The third-order valence-electron chi connectivity index (χ3n) is 8.79. The lowest BCUT2D eigenvalue weighted by Crippen LogP contribution is -2.25. The Morgan fingerprint density at radius 2 is 1.00 bits per heavy atom. The normalized spacial score (nSPS) is 14.4. The summed E-state index contributed by atoms with van der Waals surface area (Å²) in [7, 11) is 0. The Hall–Kier alpha value is -3.16. The number of hydrogen-bond donors (Lipinski definition) is 1. The summed E-state index contributed by atoms with van der Waals surface area (Å²) in [6.45, 7) is 11.9. The van der Waals surface area contributed by atoms with Gasteiger partial charge in [-0.2, -0.15) is 0 Å². The van der Waals surface area contributed by atoms with Gasteiger partial charge in [0, 0.05) is 22.9 Å². The number of rotatable bonds is 7. The summed E-state index contributed by atoms with van der Waals surface area (Å²) >= 11 is 0. The van der Waals surface area contributed by atoms with Crippen LogP contribution in [0.15, 0.2) is 97.1 Å². The maximum Gasteiger partial charge on any atom is 0.0431 e. The first-order valence-corrected chi connectivity index (χ1v) is 13.2. The zero-order chi connectivity index (χ0) is 25.6. The molecule has 4 aromatic rings. The van der Waals surface area contributed by atoms with Crippen LogP contribution in [0.5, 0.6) is 0 Å². The summed E-state index contributed by atoms with van der Waals surface area (Å²) < 4.78 is 0. The lowest BCUT2D eigenvalue weighted by molar-refractivity contribution is 0.273. The predicted molar refractivity (Wildman–Crippen MR) is 152 cm³/mol. The predicted octanol–water partition coefficient (Wildman–Crippen LogP) is 8.40. The molecule has 0 unspecified atom stereocenters. The molecule has 184 valence electrons. The monoisotopic (exact) mass is 474 g/mol.